The molecule has 0 N–H and O–H groups in total. The van der Waals surface area contributed by atoms with E-state index in [2.05, 4.69) is 122 Å². The second kappa shape index (κ2) is 38.6. The molecule has 15 heteroatoms. The molecular formula is C89H104BrClO13. The fourth-order valence-corrected chi connectivity index (χ4v) is 10.7. The first kappa shape index (κ1) is 83.1. The third-order valence-corrected chi connectivity index (χ3v) is 18.5. The molecule has 0 saturated carbocycles. The van der Waals surface area contributed by atoms with Crippen molar-refractivity contribution in [2.75, 3.05) is 21.3 Å². The van der Waals surface area contributed by atoms with Crippen molar-refractivity contribution < 1.29 is 58.4 Å². The Kier molecular flexibility index (Phi) is 30.8. The van der Waals surface area contributed by atoms with E-state index in [4.69, 9.17) is 70.0 Å². The molecule has 0 amide bonds. The monoisotopic (exact) mass is 1490 g/mol. The van der Waals surface area contributed by atoms with E-state index in [0.717, 1.165) is 134 Å². The van der Waals surface area contributed by atoms with Crippen LogP contribution in [0.3, 0.4) is 0 Å². The summed E-state index contributed by atoms with van der Waals surface area (Å²) in [5.74, 6) is 14.2. The number of furan rings is 10. The molecule has 552 valence electrons. The molecule has 104 heavy (non-hydrogen) atoms. The summed E-state index contributed by atoms with van der Waals surface area (Å²) in [5, 5.41) is 5.43. The van der Waals surface area contributed by atoms with Crippen LogP contribution < -0.4 is 14.2 Å². The molecule has 0 radical (unpaired) electrons. The van der Waals surface area contributed by atoms with Crippen LogP contribution in [0, 0.1) is 138 Å². The van der Waals surface area contributed by atoms with Crippen molar-refractivity contribution >= 4 is 71.4 Å². The number of benzene rings is 5. The number of fused-ring (bicyclic) bond motifs is 4. The molecular weight excluding hydrogens is 1390 g/mol. The lowest BCUT2D eigenvalue weighted by atomic mass is 9.93. The van der Waals surface area contributed by atoms with Crippen molar-refractivity contribution in [2.24, 2.45) is 0 Å². The Bertz CT molecular complexity index is 5010. The van der Waals surface area contributed by atoms with Crippen molar-refractivity contribution in [1.29, 1.82) is 0 Å². The van der Waals surface area contributed by atoms with Gasteiger partial charge < -0.3 is 58.4 Å². The van der Waals surface area contributed by atoms with Gasteiger partial charge in [0.1, 0.15) is 97.2 Å². The van der Waals surface area contributed by atoms with Crippen molar-refractivity contribution in [1.82, 2.24) is 0 Å². The molecule has 0 aliphatic rings. The number of hydrogen-bond donors (Lipinski definition) is 0. The molecule has 10 heterocycles. The van der Waals surface area contributed by atoms with E-state index in [0.29, 0.717) is 5.95 Å². The zero-order chi connectivity index (χ0) is 76.9. The zero-order valence-corrected chi connectivity index (χ0v) is 67.9. The summed E-state index contributed by atoms with van der Waals surface area (Å²) in [6, 6.07) is 45.7. The molecule has 13 nitrogen and oxygen atoms in total. The van der Waals surface area contributed by atoms with Crippen LogP contribution in [-0.2, 0) is 5.41 Å². The lowest BCUT2D eigenvalue weighted by Crippen LogP contribution is -2.09. The van der Waals surface area contributed by atoms with Gasteiger partial charge in [0.25, 0.3) is 5.95 Å². The van der Waals surface area contributed by atoms with Gasteiger partial charge in [0.15, 0.2) is 5.75 Å². The maximum absolute atomic E-state index is 5.82. The topological polar surface area (TPSA) is 159 Å². The quantitative estimate of drug-likeness (QED) is 0.164. The summed E-state index contributed by atoms with van der Waals surface area (Å²) in [4.78, 5) is 0. The number of aryl methyl sites for hydroxylation is 19. The minimum atomic E-state index is 0.138. The number of rotatable bonds is 4. The van der Waals surface area contributed by atoms with Crippen LogP contribution in [0.15, 0.2) is 207 Å². The van der Waals surface area contributed by atoms with Crippen molar-refractivity contribution in [3.63, 3.8) is 0 Å². The average molecular weight is 1500 g/mol. The third-order valence-electron chi connectivity index (χ3n) is 17.7. The fourth-order valence-electron chi connectivity index (χ4n) is 10.2. The Morgan fingerprint density at radius 1 is 0.346 bits per heavy atom. The largest absolute Gasteiger partial charge is 0.497 e. The minimum Gasteiger partial charge on any atom is -0.497 e. The summed E-state index contributed by atoms with van der Waals surface area (Å²) in [5.41, 5.74) is 17.1. The van der Waals surface area contributed by atoms with E-state index >= 15 is 0 Å². The first-order valence-electron chi connectivity index (χ1n) is 34.4. The highest BCUT2D eigenvalue weighted by Crippen LogP contribution is 2.32. The molecule has 5 aromatic carbocycles. The second-order valence-corrected chi connectivity index (χ2v) is 27.8. The summed E-state index contributed by atoms with van der Waals surface area (Å²) in [6.45, 7) is 46.7. The van der Waals surface area contributed by atoms with E-state index in [9.17, 15) is 0 Å². The molecule has 15 rings (SSSR count). The number of hydrogen-bond acceptors (Lipinski definition) is 13. The van der Waals surface area contributed by atoms with E-state index in [1.54, 1.807) is 46.2 Å². The Balaban J connectivity index is 0.000000182. The van der Waals surface area contributed by atoms with Gasteiger partial charge in [-0.05, 0) is 267 Å². The van der Waals surface area contributed by atoms with Gasteiger partial charge in [-0.3, -0.25) is 0 Å². The molecule has 15 aromatic rings. The molecule has 0 bridgehead atoms. The van der Waals surface area contributed by atoms with E-state index in [-0.39, 0.29) is 5.41 Å². The highest BCUT2D eigenvalue weighted by Gasteiger charge is 2.19. The maximum atomic E-state index is 5.82. The zero-order valence-electron chi connectivity index (χ0n) is 65.6. The van der Waals surface area contributed by atoms with Crippen LogP contribution in [-0.4, -0.2) is 21.3 Å². The Hall–Kier alpha value is -9.89. The molecule has 10 aromatic heterocycles. The van der Waals surface area contributed by atoms with Gasteiger partial charge in [-0.1, -0.05) is 96.8 Å². The van der Waals surface area contributed by atoms with Crippen molar-refractivity contribution in [3.8, 4) is 28.8 Å². The SMILES string of the molecule is COc1ccc2oc(C)c(C)c2c1.COc1ccoc1C.COc1occc1C.Cc1cc(-c2ccccc2)oc1C.Cc1cc(C(C)(C)C)oc1C.Cc1cc(C)c(C)o1.Cc1coc(C)c1C.Cc1oc2cc(Cl)ccc2c1C.Cc1oc2ccc(Br)cc2c1C.Cc1oc2ccccc2c1C. The highest BCUT2D eigenvalue weighted by molar-refractivity contribution is 9.10. The summed E-state index contributed by atoms with van der Waals surface area (Å²) < 4.78 is 69.3. The number of methoxy groups -OCH3 is 3. The number of halogens is 2. The Morgan fingerprint density at radius 3 is 1.26 bits per heavy atom. The summed E-state index contributed by atoms with van der Waals surface area (Å²) in [6.07, 6.45) is 4.99. The highest BCUT2D eigenvalue weighted by atomic mass is 79.9. The van der Waals surface area contributed by atoms with Crippen LogP contribution >= 0.6 is 27.5 Å². The van der Waals surface area contributed by atoms with Gasteiger partial charge in [-0.25, -0.2) is 0 Å². The minimum absolute atomic E-state index is 0.138. The molecule has 0 fully saturated rings. The lowest BCUT2D eigenvalue weighted by molar-refractivity contribution is 0.302. The van der Waals surface area contributed by atoms with Crippen LogP contribution in [0.1, 0.15) is 140 Å². The predicted molar refractivity (Wildman–Crippen MR) is 428 cm³/mol. The fraction of sp³-hybridized carbons (Fsp3) is 0.303. The molecule has 0 atom stereocenters. The van der Waals surface area contributed by atoms with Crippen LogP contribution in [0.2, 0.25) is 5.02 Å². The first-order valence-corrected chi connectivity index (χ1v) is 35.5. The molecule has 0 aliphatic carbocycles. The third kappa shape index (κ3) is 23.3. The normalized spacial score (nSPS) is 10.5. The van der Waals surface area contributed by atoms with E-state index < -0.39 is 0 Å². The summed E-state index contributed by atoms with van der Waals surface area (Å²) in [7, 11) is 4.88. The number of para-hydroxylation sites is 1. The Labute approximate surface area is 627 Å². The number of ether oxygens (including phenoxy) is 3. The van der Waals surface area contributed by atoms with Gasteiger partial charge in [-0.2, -0.15) is 0 Å². The van der Waals surface area contributed by atoms with Gasteiger partial charge in [0.05, 0.1) is 40.1 Å². The predicted octanol–water partition coefficient (Wildman–Crippen LogP) is 28.0. The second-order valence-electron chi connectivity index (χ2n) is 26.4. The average Bonchev–Trinajstić information content (AvgIpc) is 1.67. The summed E-state index contributed by atoms with van der Waals surface area (Å²) >= 11 is 9.25. The van der Waals surface area contributed by atoms with E-state index in [1.165, 1.54) is 60.8 Å². The molecule has 0 saturated heterocycles. The van der Waals surface area contributed by atoms with Gasteiger partial charge >= 0.3 is 0 Å². The van der Waals surface area contributed by atoms with Gasteiger partial charge in [0, 0.05) is 59.7 Å². The molecule has 0 spiro atoms. The van der Waals surface area contributed by atoms with Crippen LogP contribution in [0.5, 0.6) is 17.4 Å². The smallest absolute Gasteiger partial charge is 0.286 e. The van der Waals surface area contributed by atoms with Crippen molar-refractivity contribution in [3.05, 3.63) is 287 Å². The maximum Gasteiger partial charge on any atom is 0.286 e. The molecule has 0 unspecified atom stereocenters. The van der Waals surface area contributed by atoms with Crippen LogP contribution in [0.25, 0.3) is 55.2 Å². The van der Waals surface area contributed by atoms with Gasteiger partial charge in [0.2, 0.25) is 0 Å². The first-order chi connectivity index (χ1) is 49.1. The van der Waals surface area contributed by atoms with Crippen LogP contribution in [0.4, 0.5) is 0 Å². The van der Waals surface area contributed by atoms with E-state index in [1.807, 2.05) is 187 Å². The van der Waals surface area contributed by atoms with Gasteiger partial charge in [-0.15, -0.1) is 0 Å². The lowest BCUT2D eigenvalue weighted by Gasteiger charge is -2.13. The standard InChI is InChI=1S/C12H12O.C11H12O2.C10H9BrO.C10H9ClO.C10H10O.C10H16O.2C7H10O.2C6H8O2/c1-9-8-12(13-10(9)2)11-6-4-3-5-7-11;1-7-8(2)13-11-5-4-9(12-3)6-10(7)11;1-6-7(2)12-10-4-3-8(11)5-9(6)10;1-6-7(2)12-10-5-8(11)3-4-9(6)10;1-7-8(2)11-10-6-4-3-5-9(7)10;1-7-6-9(10(3,4)5)11-8(7)2;1-5-4-8-7(3)6(5)2;1-5-4-6(2)8-7(5)3;1-5-6(7-2)3-4-8-5;1-5-3-4-8-6(5)7-2/h3-8H,1-2H3;4-6H,1-3H3;2*3-5H,1-2H3;3-6H,1-2H3;6H,1-5H3;2*4H,1-3H3;2*3-4H,1-2H3. The molecule has 0 aliphatic heterocycles. The van der Waals surface area contributed by atoms with Crippen molar-refractivity contribution in [2.45, 2.75) is 165 Å². The Morgan fingerprint density at radius 2 is 0.856 bits per heavy atom.